The third-order valence-electron chi connectivity index (χ3n) is 3.71. The van der Waals surface area contributed by atoms with E-state index in [1.54, 1.807) is 24.3 Å². The van der Waals surface area contributed by atoms with Gasteiger partial charge in [0.2, 0.25) is 0 Å². The van der Waals surface area contributed by atoms with Gasteiger partial charge in [0, 0.05) is 31.3 Å². The summed E-state index contributed by atoms with van der Waals surface area (Å²) in [5.74, 6) is 0.0616. The summed E-state index contributed by atoms with van der Waals surface area (Å²) in [6, 6.07) is 7.12. The normalized spacial score (nSPS) is 18.2. The topological polar surface area (TPSA) is 58.6 Å². The summed E-state index contributed by atoms with van der Waals surface area (Å²) >= 11 is 0. The van der Waals surface area contributed by atoms with Gasteiger partial charge < -0.3 is 15.0 Å². The number of hydrogen-bond donors (Lipinski definition) is 1. The van der Waals surface area contributed by atoms with Crippen molar-refractivity contribution in [3.8, 4) is 5.75 Å². The fourth-order valence-corrected chi connectivity index (χ4v) is 2.69. The van der Waals surface area contributed by atoms with Crippen LogP contribution in [-0.4, -0.2) is 29.5 Å². The van der Waals surface area contributed by atoms with E-state index in [1.807, 2.05) is 4.90 Å². The molecule has 1 N–H and O–H groups in total. The third-order valence-corrected chi connectivity index (χ3v) is 3.71. The number of rotatable bonds is 3. The quantitative estimate of drug-likeness (QED) is 0.685. The Bertz CT molecular complexity index is 516. The predicted molar refractivity (Wildman–Crippen MR) is 81.4 cm³/mol. The predicted octanol–water partition coefficient (Wildman–Crippen LogP) is 3.41. The second kappa shape index (κ2) is 7.11. The van der Waals surface area contributed by atoms with E-state index >= 15 is 0 Å². The molecule has 2 rings (SSSR count). The maximum atomic E-state index is 12.4. The van der Waals surface area contributed by atoms with Crippen LogP contribution >= 0.6 is 0 Å². The van der Waals surface area contributed by atoms with Gasteiger partial charge in [0.25, 0.3) is 0 Å². The van der Waals surface area contributed by atoms with Crippen molar-refractivity contribution in [3.05, 3.63) is 24.3 Å². The lowest BCUT2D eigenvalue weighted by atomic mass is 10.0. The minimum Gasteiger partial charge on any atom is -0.427 e. The number of urea groups is 1. The van der Waals surface area contributed by atoms with Gasteiger partial charge in [-0.2, -0.15) is 0 Å². The van der Waals surface area contributed by atoms with Crippen molar-refractivity contribution in [2.24, 2.45) is 0 Å². The Morgan fingerprint density at radius 2 is 2.19 bits per heavy atom. The molecule has 5 nitrogen and oxygen atoms in total. The number of amides is 2. The maximum absolute atomic E-state index is 12.4. The molecule has 1 heterocycles. The fourth-order valence-electron chi connectivity index (χ4n) is 2.69. The number of carbonyl (C=O) groups is 2. The molecule has 1 aliphatic rings. The summed E-state index contributed by atoms with van der Waals surface area (Å²) in [5, 5.41) is 2.89. The highest BCUT2D eigenvalue weighted by atomic mass is 16.5. The van der Waals surface area contributed by atoms with Crippen LogP contribution in [0.15, 0.2) is 24.3 Å². The molecule has 0 aliphatic carbocycles. The molecule has 0 radical (unpaired) electrons. The molecule has 114 valence electrons. The second-order valence-corrected chi connectivity index (χ2v) is 5.30. The van der Waals surface area contributed by atoms with Crippen molar-refractivity contribution in [2.75, 3.05) is 11.9 Å². The average molecular weight is 290 g/mol. The summed E-state index contributed by atoms with van der Waals surface area (Å²) in [5.41, 5.74) is 0.638. The molecule has 1 aromatic rings. The first-order valence-electron chi connectivity index (χ1n) is 7.46. The van der Waals surface area contributed by atoms with Gasteiger partial charge in [-0.3, -0.25) is 4.79 Å². The van der Waals surface area contributed by atoms with Crippen molar-refractivity contribution in [3.63, 3.8) is 0 Å². The largest absolute Gasteiger partial charge is 0.427 e. The Hall–Kier alpha value is -2.04. The van der Waals surface area contributed by atoms with Crippen LogP contribution in [0.2, 0.25) is 0 Å². The van der Waals surface area contributed by atoms with Gasteiger partial charge >= 0.3 is 12.0 Å². The molecule has 0 bridgehead atoms. The van der Waals surface area contributed by atoms with Gasteiger partial charge in [-0.15, -0.1) is 0 Å². The van der Waals surface area contributed by atoms with E-state index in [0.29, 0.717) is 17.5 Å². The van der Waals surface area contributed by atoms with Gasteiger partial charge in [-0.25, -0.2) is 4.79 Å². The Balaban J connectivity index is 2.03. The second-order valence-electron chi connectivity index (χ2n) is 5.30. The average Bonchev–Trinajstić information content (AvgIpc) is 2.46. The first-order chi connectivity index (χ1) is 10.1. The van der Waals surface area contributed by atoms with Gasteiger partial charge in [-0.1, -0.05) is 13.0 Å². The number of carbonyl (C=O) groups excluding carboxylic acids is 2. The highest BCUT2D eigenvalue weighted by Gasteiger charge is 2.25. The number of ether oxygens (including phenoxy) is 1. The first-order valence-corrected chi connectivity index (χ1v) is 7.46. The van der Waals surface area contributed by atoms with Crippen LogP contribution in [0.3, 0.4) is 0 Å². The molecule has 1 atom stereocenters. The van der Waals surface area contributed by atoms with Crippen LogP contribution in [-0.2, 0) is 4.79 Å². The van der Waals surface area contributed by atoms with Crippen LogP contribution in [0.5, 0.6) is 5.75 Å². The number of benzene rings is 1. The molecule has 1 aromatic carbocycles. The van der Waals surface area contributed by atoms with E-state index < -0.39 is 0 Å². The first kappa shape index (κ1) is 15.4. The number of anilines is 1. The number of nitrogens with one attached hydrogen (secondary N) is 1. The van der Waals surface area contributed by atoms with E-state index in [0.717, 1.165) is 25.8 Å². The van der Waals surface area contributed by atoms with Crippen LogP contribution < -0.4 is 10.1 Å². The van der Waals surface area contributed by atoms with E-state index in [1.165, 1.54) is 13.3 Å². The molecule has 0 aromatic heterocycles. The minimum atomic E-state index is -0.374. The number of esters is 1. The number of nitrogens with zero attached hydrogens (tertiary/aromatic N) is 1. The van der Waals surface area contributed by atoms with Gasteiger partial charge in [0.05, 0.1) is 0 Å². The van der Waals surface area contributed by atoms with Gasteiger partial charge in [-0.05, 0) is 37.8 Å². The maximum Gasteiger partial charge on any atom is 0.322 e. The zero-order valence-corrected chi connectivity index (χ0v) is 12.6. The lowest BCUT2D eigenvalue weighted by Crippen LogP contribution is -2.45. The molecule has 1 unspecified atom stereocenters. The summed E-state index contributed by atoms with van der Waals surface area (Å²) in [6.45, 7) is 4.26. The van der Waals surface area contributed by atoms with Crippen molar-refractivity contribution in [1.29, 1.82) is 0 Å². The Morgan fingerprint density at radius 3 is 2.90 bits per heavy atom. The fraction of sp³-hybridized carbons (Fsp3) is 0.500. The zero-order valence-electron chi connectivity index (χ0n) is 12.6. The molecule has 0 spiro atoms. The highest BCUT2D eigenvalue weighted by molar-refractivity contribution is 5.90. The highest BCUT2D eigenvalue weighted by Crippen LogP contribution is 2.22. The SMILES string of the molecule is CCC1CCCCN1C(=O)Nc1cccc(OC(C)=O)c1. The van der Waals surface area contributed by atoms with Crippen molar-refractivity contribution >= 4 is 17.7 Å². The van der Waals surface area contributed by atoms with E-state index in [4.69, 9.17) is 4.74 Å². The van der Waals surface area contributed by atoms with Crippen molar-refractivity contribution < 1.29 is 14.3 Å². The van der Waals surface area contributed by atoms with Crippen molar-refractivity contribution in [2.45, 2.75) is 45.6 Å². The van der Waals surface area contributed by atoms with E-state index in [9.17, 15) is 9.59 Å². The van der Waals surface area contributed by atoms with Crippen molar-refractivity contribution in [1.82, 2.24) is 4.90 Å². The Kier molecular flexibility index (Phi) is 5.20. The summed E-state index contributed by atoms with van der Waals surface area (Å²) in [7, 11) is 0. The number of piperidine rings is 1. The molecule has 1 fully saturated rings. The van der Waals surface area contributed by atoms with Crippen LogP contribution in [0.1, 0.15) is 39.5 Å². The van der Waals surface area contributed by atoms with E-state index in [-0.39, 0.29) is 12.0 Å². The molecular formula is C16H22N2O3. The number of likely N-dealkylation sites (tertiary alicyclic amines) is 1. The lowest BCUT2D eigenvalue weighted by molar-refractivity contribution is -0.131. The lowest BCUT2D eigenvalue weighted by Gasteiger charge is -2.35. The van der Waals surface area contributed by atoms with E-state index in [2.05, 4.69) is 12.2 Å². The molecule has 0 saturated carbocycles. The zero-order chi connectivity index (χ0) is 15.2. The molecule has 1 aliphatic heterocycles. The van der Waals surface area contributed by atoms with Crippen LogP contribution in [0.4, 0.5) is 10.5 Å². The summed E-state index contributed by atoms with van der Waals surface area (Å²) in [4.78, 5) is 25.2. The van der Waals surface area contributed by atoms with Gasteiger partial charge in [0.15, 0.2) is 0 Å². The molecular weight excluding hydrogens is 268 g/mol. The smallest absolute Gasteiger partial charge is 0.322 e. The summed E-state index contributed by atoms with van der Waals surface area (Å²) in [6.07, 6.45) is 4.28. The molecule has 2 amide bonds. The van der Waals surface area contributed by atoms with Crippen LogP contribution in [0, 0.1) is 0 Å². The molecule has 1 saturated heterocycles. The Morgan fingerprint density at radius 1 is 1.38 bits per heavy atom. The standard InChI is InChI=1S/C16H22N2O3/c1-3-14-8-4-5-10-18(14)16(20)17-13-7-6-9-15(11-13)21-12(2)19/h6-7,9,11,14H,3-5,8,10H2,1-2H3,(H,17,20). The Labute approximate surface area is 125 Å². The minimum absolute atomic E-state index is 0.0819. The van der Waals surface area contributed by atoms with Gasteiger partial charge in [0.1, 0.15) is 5.75 Å². The molecule has 5 heteroatoms. The monoisotopic (exact) mass is 290 g/mol. The van der Waals surface area contributed by atoms with Crippen LogP contribution in [0.25, 0.3) is 0 Å². The third kappa shape index (κ3) is 4.21. The number of hydrogen-bond acceptors (Lipinski definition) is 3. The molecule has 21 heavy (non-hydrogen) atoms. The summed E-state index contributed by atoms with van der Waals surface area (Å²) < 4.78 is 5.02.